The van der Waals surface area contributed by atoms with E-state index in [9.17, 15) is 0 Å². The van der Waals surface area contributed by atoms with Gasteiger partial charge in [-0.2, -0.15) is 0 Å². The predicted octanol–water partition coefficient (Wildman–Crippen LogP) is 1.58. The van der Waals surface area contributed by atoms with Gasteiger partial charge >= 0.3 is 0 Å². The summed E-state index contributed by atoms with van der Waals surface area (Å²) in [5.74, 6) is 2.37. The van der Waals surface area contributed by atoms with Crippen LogP contribution < -0.4 is 15.4 Å². The zero-order chi connectivity index (χ0) is 13.7. The van der Waals surface area contributed by atoms with E-state index < -0.39 is 0 Å². The molecule has 0 saturated heterocycles. The van der Waals surface area contributed by atoms with Crippen molar-refractivity contribution in [2.24, 2.45) is 5.73 Å². The van der Waals surface area contributed by atoms with Gasteiger partial charge in [-0.25, -0.2) is 9.97 Å². The standard InChI is InChI=1S/C14H18N4O/c1-18(14-7-8-16-13(9-15)17-14)10-11-5-3-4-6-12(11)19-2/h3-8H,9-10,15H2,1-2H3. The summed E-state index contributed by atoms with van der Waals surface area (Å²) >= 11 is 0. The Kier molecular flexibility index (Phi) is 4.30. The maximum atomic E-state index is 5.55. The maximum absolute atomic E-state index is 5.55. The van der Waals surface area contributed by atoms with Gasteiger partial charge in [0.15, 0.2) is 0 Å². The van der Waals surface area contributed by atoms with Crippen molar-refractivity contribution in [1.29, 1.82) is 0 Å². The second kappa shape index (κ2) is 6.15. The summed E-state index contributed by atoms with van der Waals surface area (Å²) in [5.41, 5.74) is 6.67. The molecular weight excluding hydrogens is 240 g/mol. The van der Waals surface area contributed by atoms with Gasteiger partial charge in [-0.3, -0.25) is 0 Å². The highest BCUT2D eigenvalue weighted by atomic mass is 16.5. The number of benzene rings is 1. The fourth-order valence-electron chi connectivity index (χ4n) is 1.87. The molecule has 0 atom stereocenters. The van der Waals surface area contributed by atoms with Crippen LogP contribution in [0, 0.1) is 0 Å². The van der Waals surface area contributed by atoms with Gasteiger partial charge in [0.2, 0.25) is 0 Å². The van der Waals surface area contributed by atoms with Crippen LogP contribution in [-0.4, -0.2) is 24.1 Å². The number of methoxy groups -OCH3 is 1. The number of nitrogens with two attached hydrogens (primary N) is 1. The molecule has 0 spiro atoms. The Morgan fingerprint density at radius 1 is 1.26 bits per heavy atom. The Morgan fingerprint density at radius 2 is 2.05 bits per heavy atom. The highest BCUT2D eigenvalue weighted by molar-refractivity contribution is 5.41. The fraction of sp³-hybridized carbons (Fsp3) is 0.286. The van der Waals surface area contributed by atoms with Gasteiger partial charge < -0.3 is 15.4 Å². The second-order valence-electron chi connectivity index (χ2n) is 4.20. The number of rotatable bonds is 5. The summed E-state index contributed by atoms with van der Waals surface area (Å²) in [6.07, 6.45) is 1.73. The van der Waals surface area contributed by atoms with Crippen LogP contribution in [0.4, 0.5) is 5.82 Å². The lowest BCUT2D eigenvalue weighted by Gasteiger charge is -2.19. The van der Waals surface area contributed by atoms with Crippen LogP contribution in [0.15, 0.2) is 36.5 Å². The first-order valence-electron chi connectivity index (χ1n) is 6.09. The molecule has 1 aromatic carbocycles. The van der Waals surface area contributed by atoms with Crippen LogP contribution >= 0.6 is 0 Å². The summed E-state index contributed by atoms with van der Waals surface area (Å²) in [6, 6.07) is 9.82. The number of nitrogens with zero attached hydrogens (tertiary/aromatic N) is 3. The quantitative estimate of drug-likeness (QED) is 0.882. The first-order chi connectivity index (χ1) is 9.24. The van der Waals surface area contributed by atoms with E-state index in [0.717, 1.165) is 17.1 Å². The zero-order valence-electron chi connectivity index (χ0n) is 11.2. The minimum atomic E-state index is 0.344. The first-order valence-corrected chi connectivity index (χ1v) is 6.09. The summed E-state index contributed by atoms with van der Waals surface area (Å²) in [4.78, 5) is 10.5. The Balaban J connectivity index is 2.18. The lowest BCUT2D eigenvalue weighted by atomic mass is 10.2. The fourth-order valence-corrected chi connectivity index (χ4v) is 1.87. The molecule has 19 heavy (non-hydrogen) atoms. The summed E-state index contributed by atoms with van der Waals surface area (Å²) < 4.78 is 5.35. The van der Waals surface area contributed by atoms with E-state index in [-0.39, 0.29) is 0 Å². The van der Waals surface area contributed by atoms with Crippen LogP contribution in [0.2, 0.25) is 0 Å². The molecule has 1 heterocycles. The van der Waals surface area contributed by atoms with Crippen molar-refractivity contribution in [2.75, 3.05) is 19.1 Å². The minimum Gasteiger partial charge on any atom is -0.496 e. The van der Waals surface area contributed by atoms with E-state index in [4.69, 9.17) is 10.5 Å². The minimum absolute atomic E-state index is 0.344. The van der Waals surface area contributed by atoms with Gasteiger partial charge in [-0.15, -0.1) is 0 Å². The molecule has 0 saturated carbocycles. The van der Waals surface area contributed by atoms with Crippen molar-refractivity contribution in [3.8, 4) is 5.75 Å². The molecule has 0 fully saturated rings. The molecule has 100 valence electrons. The molecule has 0 unspecified atom stereocenters. The van der Waals surface area contributed by atoms with Crippen LogP contribution in [0.5, 0.6) is 5.75 Å². The molecule has 0 radical (unpaired) electrons. The molecule has 0 aliphatic heterocycles. The van der Waals surface area contributed by atoms with Crippen molar-refractivity contribution in [2.45, 2.75) is 13.1 Å². The third-order valence-electron chi connectivity index (χ3n) is 2.86. The van der Waals surface area contributed by atoms with Crippen molar-refractivity contribution in [3.05, 3.63) is 47.9 Å². The van der Waals surface area contributed by atoms with Crippen LogP contribution in [-0.2, 0) is 13.1 Å². The molecule has 1 aromatic heterocycles. The highest BCUT2D eigenvalue weighted by Gasteiger charge is 2.08. The zero-order valence-corrected chi connectivity index (χ0v) is 11.2. The number of hydrogen-bond acceptors (Lipinski definition) is 5. The number of para-hydroxylation sites is 1. The molecule has 2 rings (SSSR count). The molecule has 2 aromatic rings. The van der Waals surface area contributed by atoms with Gasteiger partial charge in [0.25, 0.3) is 0 Å². The number of aromatic nitrogens is 2. The highest BCUT2D eigenvalue weighted by Crippen LogP contribution is 2.20. The Labute approximate surface area is 113 Å². The molecule has 0 bridgehead atoms. The predicted molar refractivity (Wildman–Crippen MR) is 75.0 cm³/mol. The molecule has 5 nitrogen and oxygen atoms in total. The van der Waals surface area contributed by atoms with E-state index in [1.54, 1.807) is 13.3 Å². The summed E-state index contributed by atoms with van der Waals surface area (Å²) in [6.45, 7) is 1.06. The van der Waals surface area contributed by atoms with E-state index in [0.29, 0.717) is 18.9 Å². The average Bonchev–Trinajstić information content (AvgIpc) is 2.47. The molecule has 0 aliphatic carbocycles. The molecule has 0 amide bonds. The van der Waals surface area contributed by atoms with Crippen molar-refractivity contribution in [3.63, 3.8) is 0 Å². The second-order valence-corrected chi connectivity index (χ2v) is 4.20. The van der Waals surface area contributed by atoms with Crippen LogP contribution in [0.1, 0.15) is 11.4 Å². The summed E-state index contributed by atoms with van der Waals surface area (Å²) in [7, 11) is 3.66. The number of hydrogen-bond donors (Lipinski definition) is 1. The Morgan fingerprint density at radius 3 is 2.79 bits per heavy atom. The van der Waals surface area contributed by atoms with Crippen molar-refractivity contribution >= 4 is 5.82 Å². The molecule has 5 heteroatoms. The monoisotopic (exact) mass is 258 g/mol. The van der Waals surface area contributed by atoms with E-state index in [1.165, 1.54) is 0 Å². The van der Waals surface area contributed by atoms with Crippen LogP contribution in [0.25, 0.3) is 0 Å². The van der Waals surface area contributed by atoms with E-state index in [2.05, 4.69) is 9.97 Å². The van der Waals surface area contributed by atoms with Crippen molar-refractivity contribution < 1.29 is 4.74 Å². The summed E-state index contributed by atoms with van der Waals surface area (Å²) in [5, 5.41) is 0. The largest absolute Gasteiger partial charge is 0.496 e. The first kappa shape index (κ1) is 13.3. The third kappa shape index (κ3) is 3.20. The lowest BCUT2D eigenvalue weighted by molar-refractivity contribution is 0.409. The number of anilines is 1. The normalized spacial score (nSPS) is 10.3. The van der Waals surface area contributed by atoms with Gasteiger partial charge in [0, 0.05) is 25.4 Å². The smallest absolute Gasteiger partial charge is 0.144 e. The third-order valence-corrected chi connectivity index (χ3v) is 2.86. The van der Waals surface area contributed by atoms with Gasteiger partial charge in [0.1, 0.15) is 17.4 Å². The maximum Gasteiger partial charge on any atom is 0.144 e. The van der Waals surface area contributed by atoms with Gasteiger partial charge in [-0.05, 0) is 12.1 Å². The average molecular weight is 258 g/mol. The molecular formula is C14H18N4O. The number of ether oxygens (including phenoxy) is 1. The lowest BCUT2D eigenvalue weighted by Crippen LogP contribution is -2.19. The SMILES string of the molecule is COc1ccccc1CN(C)c1ccnc(CN)n1. The van der Waals surface area contributed by atoms with Gasteiger partial charge in [-0.1, -0.05) is 18.2 Å². The van der Waals surface area contributed by atoms with Crippen molar-refractivity contribution in [1.82, 2.24) is 9.97 Å². The Hall–Kier alpha value is -2.14. The van der Waals surface area contributed by atoms with E-state index in [1.807, 2.05) is 42.3 Å². The molecule has 0 aliphatic rings. The Bertz CT molecular complexity index is 544. The van der Waals surface area contributed by atoms with E-state index >= 15 is 0 Å². The topological polar surface area (TPSA) is 64.3 Å². The van der Waals surface area contributed by atoms with Crippen LogP contribution in [0.3, 0.4) is 0 Å². The van der Waals surface area contributed by atoms with Gasteiger partial charge in [0.05, 0.1) is 13.7 Å². The molecule has 2 N–H and O–H groups in total.